The number of nitrogens with zero attached hydrogens (tertiary/aromatic N) is 1. The molecule has 3 N–H and O–H groups in total. The molecule has 4 atom stereocenters. The third-order valence-corrected chi connectivity index (χ3v) is 6.97. The molecule has 2 aliphatic heterocycles. The van der Waals surface area contributed by atoms with Gasteiger partial charge in [-0.15, -0.1) is 0 Å². The molecule has 0 spiro atoms. The maximum Gasteiger partial charge on any atom is 0.356 e. The van der Waals surface area contributed by atoms with Crippen LogP contribution in [0.15, 0.2) is 47.3 Å². The zero-order chi connectivity index (χ0) is 22.4. The molecule has 32 heavy (non-hydrogen) atoms. The van der Waals surface area contributed by atoms with Crippen LogP contribution in [0.1, 0.15) is 35.4 Å². The number of esters is 1. The smallest absolute Gasteiger partial charge is 0.356 e. The summed E-state index contributed by atoms with van der Waals surface area (Å²) >= 11 is 0. The number of piperidine rings is 1. The summed E-state index contributed by atoms with van der Waals surface area (Å²) in [6.45, 7) is 4.27. The SMILES string of the molecule is COC(=O)c1[nH]c2ccccc2c1NC(=O)[C@@H](C)[NH+]1C[C@@H]2C[C@H](C1)c1cccc(=O)n1C2. The van der Waals surface area contributed by atoms with Gasteiger partial charge in [0.1, 0.15) is 5.69 Å². The van der Waals surface area contributed by atoms with Gasteiger partial charge in [-0.05, 0) is 25.5 Å². The number of quaternary nitrogens is 1. The molecule has 3 aromatic rings. The van der Waals surface area contributed by atoms with Gasteiger partial charge in [-0.3, -0.25) is 9.59 Å². The fourth-order valence-electron chi connectivity index (χ4n) is 5.35. The lowest BCUT2D eigenvalue weighted by Gasteiger charge is -2.42. The molecule has 8 heteroatoms. The van der Waals surface area contributed by atoms with E-state index in [1.807, 2.05) is 47.9 Å². The number of carbonyl (C=O) groups is 2. The van der Waals surface area contributed by atoms with Crippen molar-refractivity contribution in [3.63, 3.8) is 0 Å². The highest BCUT2D eigenvalue weighted by Gasteiger charge is 2.40. The number of benzene rings is 1. The maximum atomic E-state index is 13.3. The Morgan fingerprint density at radius 2 is 2.00 bits per heavy atom. The number of amides is 1. The summed E-state index contributed by atoms with van der Waals surface area (Å²) in [5.41, 5.74) is 2.59. The third-order valence-electron chi connectivity index (χ3n) is 6.97. The molecular formula is C24H27N4O4+. The van der Waals surface area contributed by atoms with E-state index in [-0.39, 0.29) is 29.1 Å². The first-order chi connectivity index (χ1) is 15.5. The van der Waals surface area contributed by atoms with Crippen molar-refractivity contribution in [3.8, 4) is 0 Å². The molecule has 2 aliphatic rings. The van der Waals surface area contributed by atoms with Crippen molar-refractivity contribution in [1.82, 2.24) is 9.55 Å². The zero-order valence-electron chi connectivity index (χ0n) is 18.2. The van der Waals surface area contributed by atoms with Gasteiger partial charge in [0.25, 0.3) is 11.5 Å². The predicted molar refractivity (Wildman–Crippen MR) is 120 cm³/mol. The average molecular weight is 436 g/mol. The van der Waals surface area contributed by atoms with Crippen molar-refractivity contribution >= 4 is 28.5 Å². The summed E-state index contributed by atoms with van der Waals surface area (Å²) < 4.78 is 6.80. The summed E-state index contributed by atoms with van der Waals surface area (Å²) in [6.07, 6.45) is 1.05. The van der Waals surface area contributed by atoms with Gasteiger partial charge in [0.2, 0.25) is 0 Å². The Bertz CT molecular complexity index is 1260. The maximum absolute atomic E-state index is 13.3. The zero-order valence-corrected chi connectivity index (χ0v) is 18.2. The molecule has 0 aliphatic carbocycles. The molecule has 1 fully saturated rings. The van der Waals surface area contributed by atoms with Gasteiger partial charge in [-0.2, -0.15) is 0 Å². The van der Waals surface area contributed by atoms with Crippen LogP contribution in [-0.4, -0.2) is 47.7 Å². The lowest BCUT2D eigenvalue weighted by atomic mass is 9.82. The number of rotatable bonds is 4. The minimum Gasteiger partial charge on any atom is -0.464 e. The first-order valence-electron chi connectivity index (χ1n) is 11.0. The average Bonchev–Trinajstić information content (AvgIpc) is 3.17. The second-order valence-corrected chi connectivity index (χ2v) is 8.89. The summed E-state index contributed by atoms with van der Waals surface area (Å²) in [4.78, 5) is 42.1. The molecule has 1 saturated heterocycles. The van der Waals surface area contributed by atoms with Gasteiger partial charge < -0.3 is 24.5 Å². The van der Waals surface area contributed by atoms with Crippen LogP contribution in [0, 0.1) is 5.92 Å². The first kappa shape index (κ1) is 20.5. The number of anilines is 1. The summed E-state index contributed by atoms with van der Waals surface area (Å²) in [6, 6.07) is 12.6. The van der Waals surface area contributed by atoms with Gasteiger partial charge in [-0.1, -0.05) is 24.3 Å². The highest BCUT2D eigenvalue weighted by molar-refractivity contribution is 6.11. The van der Waals surface area contributed by atoms with Crippen LogP contribution in [0.4, 0.5) is 5.69 Å². The van der Waals surface area contributed by atoms with E-state index in [0.29, 0.717) is 18.2 Å². The number of ether oxygens (including phenoxy) is 1. The normalized spacial score (nSPS) is 22.8. The Kier molecular flexibility index (Phi) is 5.09. The highest BCUT2D eigenvalue weighted by Crippen LogP contribution is 2.31. The van der Waals surface area contributed by atoms with E-state index in [9.17, 15) is 14.4 Å². The number of pyridine rings is 1. The predicted octanol–water partition coefficient (Wildman–Crippen LogP) is 1.15. The van der Waals surface area contributed by atoms with Gasteiger partial charge in [0.05, 0.1) is 25.9 Å². The topological polar surface area (TPSA) is 97.6 Å². The Balaban J connectivity index is 1.39. The molecule has 1 aromatic carbocycles. The first-order valence-corrected chi connectivity index (χ1v) is 11.0. The Labute approximate surface area is 185 Å². The standard InChI is InChI=1S/C24H26N4O4/c1-14(27-11-15-10-16(13-27)19-8-5-9-20(29)28(19)12-15)23(30)26-21-17-6-3-4-7-18(17)25-22(21)24(31)32-2/h3-9,14-16,25H,10-13H2,1-2H3,(H,26,30)/p+1/t14-,15+,16-/m1/s1. The number of hydrogen-bond donors (Lipinski definition) is 3. The number of nitrogens with one attached hydrogen (secondary N) is 3. The minimum atomic E-state index is -0.522. The minimum absolute atomic E-state index is 0.0566. The fraction of sp³-hybridized carbons (Fsp3) is 0.375. The molecule has 0 radical (unpaired) electrons. The van der Waals surface area contributed by atoms with E-state index >= 15 is 0 Å². The van der Waals surface area contributed by atoms with Crippen LogP contribution in [0.25, 0.3) is 10.9 Å². The Hall–Kier alpha value is -3.39. The van der Waals surface area contributed by atoms with E-state index in [1.54, 1.807) is 6.07 Å². The number of para-hydroxylation sites is 1. The number of likely N-dealkylation sites (tertiary alicyclic amines) is 1. The fourth-order valence-corrected chi connectivity index (χ4v) is 5.35. The molecular weight excluding hydrogens is 408 g/mol. The van der Waals surface area contributed by atoms with Gasteiger partial charge in [-0.25, -0.2) is 4.79 Å². The van der Waals surface area contributed by atoms with Crippen LogP contribution in [0.2, 0.25) is 0 Å². The van der Waals surface area contributed by atoms with Crippen LogP contribution >= 0.6 is 0 Å². The summed E-state index contributed by atoms with van der Waals surface area (Å²) in [5, 5.41) is 3.76. The summed E-state index contributed by atoms with van der Waals surface area (Å²) in [7, 11) is 1.32. The Morgan fingerprint density at radius 1 is 1.19 bits per heavy atom. The van der Waals surface area contributed by atoms with Gasteiger partial charge >= 0.3 is 5.97 Å². The van der Waals surface area contributed by atoms with Crippen molar-refractivity contribution < 1.29 is 19.2 Å². The monoisotopic (exact) mass is 435 g/mol. The van der Waals surface area contributed by atoms with Crippen LogP contribution in [-0.2, 0) is 16.1 Å². The summed E-state index contributed by atoms with van der Waals surface area (Å²) in [5.74, 6) is -0.0305. The molecule has 1 unspecified atom stereocenters. The van der Waals surface area contributed by atoms with Crippen molar-refractivity contribution in [2.24, 2.45) is 5.92 Å². The molecule has 0 saturated carbocycles. The third kappa shape index (κ3) is 3.40. The van der Waals surface area contributed by atoms with Gasteiger partial charge in [0.15, 0.2) is 6.04 Å². The molecule has 166 valence electrons. The van der Waals surface area contributed by atoms with Crippen LogP contribution < -0.4 is 15.8 Å². The largest absolute Gasteiger partial charge is 0.464 e. The highest BCUT2D eigenvalue weighted by atomic mass is 16.5. The number of aromatic nitrogens is 2. The number of aromatic amines is 1. The quantitative estimate of drug-likeness (QED) is 0.536. The number of fused-ring (bicyclic) bond motifs is 5. The van der Waals surface area contributed by atoms with Crippen molar-refractivity contribution in [3.05, 3.63) is 64.2 Å². The number of methoxy groups -OCH3 is 1. The van der Waals surface area contributed by atoms with Crippen molar-refractivity contribution in [2.75, 3.05) is 25.5 Å². The second-order valence-electron chi connectivity index (χ2n) is 8.89. The number of H-pyrrole nitrogens is 1. The lowest BCUT2D eigenvalue weighted by Crippen LogP contribution is -3.18. The Morgan fingerprint density at radius 3 is 2.81 bits per heavy atom. The van der Waals surface area contributed by atoms with Crippen molar-refractivity contribution in [1.29, 1.82) is 0 Å². The number of carbonyl (C=O) groups excluding carboxylic acids is 2. The van der Waals surface area contributed by atoms with Crippen LogP contribution in [0.3, 0.4) is 0 Å². The van der Waals surface area contributed by atoms with Crippen molar-refractivity contribution in [2.45, 2.75) is 31.8 Å². The second kappa shape index (κ2) is 7.94. The molecule has 2 aromatic heterocycles. The van der Waals surface area contributed by atoms with E-state index < -0.39 is 5.97 Å². The molecule has 1 amide bonds. The van der Waals surface area contributed by atoms with Gasteiger partial charge in [0, 0.05) is 41.0 Å². The lowest BCUT2D eigenvalue weighted by molar-refractivity contribution is -0.924. The molecule has 2 bridgehead atoms. The van der Waals surface area contributed by atoms with Crippen LogP contribution in [0.5, 0.6) is 0 Å². The van der Waals surface area contributed by atoms with E-state index in [4.69, 9.17) is 4.74 Å². The molecule has 4 heterocycles. The number of hydrogen-bond acceptors (Lipinski definition) is 4. The van der Waals surface area contributed by atoms with E-state index in [0.717, 1.165) is 36.1 Å². The van der Waals surface area contributed by atoms with E-state index in [1.165, 1.54) is 12.0 Å². The molecule has 5 rings (SSSR count). The van der Waals surface area contributed by atoms with E-state index in [2.05, 4.69) is 10.3 Å². The molecule has 8 nitrogen and oxygen atoms in total.